The lowest BCUT2D eigenvalue weighted by Crippen LogP contribution is -2.31. The minimum Gasteiger partial charge on any atom is -0.493 e. The maximum Gasteiger partial charge on any atom is 0.258 e. The second-order valence-electron chi connectivity index (χ2n) is 5.54. The Morgan fingerprint density at radius 3 is 2.36 bits per heavy atom. The van der Waals surface area contributed by atoms with E-state index in [1.165, 1.54) is 0 Å². The molecule has 0 atom stereocenters. The zero-order valence-electron chi connectivity index (χ0n) is 14.6. The van der Waals surface area contributed by atoms with Gasteiger partial charge in [0.2, 0.25) is 5.75 Å². The fourth-order valence-electron chi connectivity index (χ4n) is 2.90. The summed E-state index contributed by atoms with van der Waals surface area (Å²) in [5.74, 6) is 2.35. The van der Waals surface area contributed by atoms with E-state index in [1.807, 2.05) is 23.1 Å². The Kier molecular flexibility index (Phi) is 5.38. The standard InChI is InChI=1S/C19H21NO4S/c1-22-15-11-13(12-16(23-2)18(15)24-3)19(21)20-9-6-10-25-17-8-5-4-7-14(17)20/h4-5,7-8,11-12H,6,9-10H2,1-3H3. The van der Waals surface area contributed by atoms with Gasteiger partial charge in [-0.1, -0.05) is 12.1 Å². The van der Waals surface area contributed by atoms with Crippen molar-refractivity contribution in [2.75, 3.05) is 38.5 Å². The van der Waals surface area contributed by atoms with E-state index < -0.39 is 0 Å². The van der Waals surface area contributed by atoms with Gasteiger partial charge in [0.1, 0.15) is 0 Å². The highest BCUT2D eigenvalue weighted by atomic mass is 32.2. The summed E-state index contributed by atoms with van der Waals surface area (Å²) in [4.78, 5) is 16.2. The molecule has 2 aromatic carbocycles. The van der Waals surface area contributed by atoms with E-state index in [0.29, 0.717) is 29.4 Å². The summed E-state index contributed by atoms with van der Waals surface area (Å²) in [5.41, 5.74) is 1.46. The summed E-state index contributed by atoms with van der Waals surface area (Å²) in [6.45, 7) is 0.680. The van der Waals surface area contributed by atoms with Crippen molar-refractivity contribution in [1.29, 1.82) is 0 Å². The Hall–Kier alpha value is -2.34. The third-order valence-corrected chi connectivity index (χ3v) is 5.25. The van der Waals surface area contributed by atoms with E-state index in [1.54, 1.807) is 45.2 Å². The number of rotatable bonds is 4. The molecule has 1 aliphatic heterocycles. The van der Waals surface area contributed by atoms with Crippen molar-refractivity contribution in [2.24, 2.45) is 0 Å². The van der Waals surface area contributed by atoms with Crippen molar-refractivity contribution in [3.05, 3.63) is 42.0 Å². The van der Waals surface area contributed by atoms with Gasteiger partial charge in [0.15, 0.2) is 11.5 Å². The minimum absolute atomic E-state index is 0.0748. The molecule has 6 heteroatoms. The van der Waals surface area contributed by atoms with Crippen molar-refractivity contribution in [1.82, 2.24) is 0 Å². The normalized spacial score (nSPS) is 13.6. The summed E-state index contributed by atoms with van der Waals surface area (Å²) in [5, 5.41) is 0. The van der Waals surface area contributed by atoms with Gasteiger partial charge in [0.05, 0.1) is 27.0 Å². The highest BCUT2D eigenvalue weighted by Crippen LogP contribution is 2.40. The van der Waals surface area contributed by atoms with Crippen LogP contribution in [0.25, 0.3) is 0 Å². The lowest BCUT2D eigenvalue weighted by atomic mass is 10.1. The first-order chi connectivity index (χ1) is 12.2. The van der Waals surface area contributed by atoms with E-state index in [-0.39, 0.29) is 5.91 Å². The molecule has 0 N–H and O–H groups in total. The van der Waals surface area contributed by atoms with E-state index in [4.69, 9.17) is 14.2 Å². The highest BCUT2D eigenvalue weighted by Gasteiger charge is 2.25. The Morgan fingerprint density at radius 2 is 1.72 bits per heavy atom. The summed E-state index contributed by atoms with van der Waals surface area (Å²) >= 11 is 1.78. The summed E-state index contributed by atoms with van der Waals surface area (Å²) in [6, 6.07) is 11.4. The highest BCUT2D eigenvalue weighted by molar-refractivity contribution is 7.99. The monoisotopic (exact) mass is 359 g/mol. The van der Waals surface area contributed by atoms with Gasteiger partial charge in [-0.3, -0.25) is 4.79 Å². The van der Waals surface area contributed by atoms with Gasteiger partial charge in [-0.05, 0) is 36.4 Å². The first kappa shape index (κ1) is 17.5. The van der Waals surface area contributed by atoms with Crippen molar-refractivity contribution in [3.8, 4) is 17.2 Å². The fourth-order valence-corrected chi connectivity index (χ4v) is 3.89. The lowest BCUT2D eigenvalue weighted by molar-refractivity contribution is 0.0986. The van der Waals surface area contributed by atoms with Crippen molar-refractivity contribution < 1.29 is 19.0 Å². The Balaban J connectivity index is 2.04. The number of amides is 1. The molecule has 0 spiro atoms. The van der Waals surface area contributed by atoms with E-state index in [0.717, 1.165) is 22.8 Å². The lowest BCUT2D eigenvalue weighted by Gasteiger charge is -2.23. The first-order valence-corrected chi connectivity index (χ1v) is 9.02. The molecule has 0 saturated carbocycles. The van der Waals surface area contributed by atoms with Crippen LogP contribution in [-0.4, -0.2) is 39.5 Å². The molecule has 1 heterocycles. The number of nitrogens with zero attached hydrogens (tertiary/aromatic N) is 1. The van der Waals surface area contributed by atoms with Crippen LogP contribution in [0.5, 0.6) is 17.2 Å². The average molecular weight is 359 g/mol. The predicted molar refractivity (Wildman–Crippen MR) is 99.6 cm³/mol. The van der Waals surface area contributed by atoms with Crippen LogP contribution in [0.2, 0.25) is 0 Å². The van der Waals surface area contributed by atoms with Crippen molar-refractivity contribution in [2.45, 2.75) is 11.3 Å². The van der Waals surface area contributed by atoms with Crippen LogP contribution in [0, 0.1) is 0 Å². The molecule has 0 saturated heterocycles. The molecule has 5 nitrogen and oxygen atoms in total. The Labute approximate surface area is 151 Å². The molecule has 0 bridgehead atoms. The number of para-hydroxylation sites is 1. The van der Waals surface area contributed by atoms with Crippen LogP contribution in [0.4, 0.5) is 5.69 Å². The van der Waals surface area contributed by atoms with Gasteiger partial charge < -0.3 is 19.1 Å². The quantitative estimate of drug-likeness (QED) is 0.830. The molecule has 2 aromatic rings. The zero-order valence-corrected chi connectivity index (χ0v) is 15.4. The summed E-state index contributed by atoms with van der Waals surface area (Å²) in [6.07, 6.45) is 0.940. The third-order valence-electron chi connectivity index (χ3n) is 4.10. The van der Waals surface area contributed by atoms with Crippen LogP contribution < -0.4 is 19.1 Å². The number of ether oxygens (including phenoxy) is 3. The molecule has 0 unspecified atom stereocenters. The van der Waals surface area contributed by atoms with Crippen LogP contribution in [0.3, 0.4) is 0 Å². The predicted octanol–water partition coefficient (Wildman–Crippen LogP) is 3.86. The second-order valence-corrected chi connectivity index (χ2v) is 6.68. The number of anilines is 1. The molecule has 0 aliphatic carbocycles. The Morgan fingerprint density at radius 1 is 1.04 bits per heavy atom. The first-order valence-electron chi connectivity index (χ1n) is 8.03. The van der Waals surface area contributed by atoms with Crippen molar-refractivity contribution in [3.63, 3.8) is 0 Å². The number of carbonyl (C=O) groups is 1. The van der Waals surface area contributed by atoms with Gasteiger partial charge in [-0.15, -0.1) is 11.8 Å². The number of fused-ring (bicyclic) bond motifs is 1. The SMILES string of the molecule is COc1cc(C(=O)N2CCCSc3ccccc32)cc(OC)c1OC. The molecule has 0 fully saturated rings. The summed E-state index contributed by atoms with van der Waals surface area (Å²) in [7, 11) is 4.64. The number of methoxy groups -OCH3 is 3. The van der Waals surface area contributed by atoms with Crippen LogP contribution in [-0.2, 0) is 0 Å². The number of hydrogen-bond donors (Lipinski definition) is 0. The molecule has 0 aromatic heterocycles. The van der Waals surface area contributed by atoms with E-state index in [9.17, 15) is 4.79 Å². The van der Waals surface area contributed by atoms with Crippen molar-refractivity contribution >= 4 is 23.4 Å². The van der Waals surface area contributed by atoms with Gasteiger partial charge >= 0.3 is 0 Å². The van der Waals surface area contributed by atoms with Gasteiger partial charge in [0, 0.05) is 17.0 Å². The van der Waals surface area contributed by atoms with Crippen LogP contribution in [0.15, 0.2) is 41.3 Å². The minimum atomic E-state index is -0.0748. The molecule has 1 aliphatic rings. The molecular formula is C19H21NO4S. The van der Waals surface area contributed by atoms with E-state index in [2.05, 4.69) is 6.07 Å². The topological polar surface area (TPSA) is 48.0 Å². The summed E-state index contributed by atoms with van der Waals surface area (Å²) < 4.78 is 16.1. The van der Waals surface area contributed by atoms with Gasteiger partial charge in [0.25, 0.3) is 5.91 Å². The van der Waals surface area contributed by atoms with Crippen LogP contribution >= 0.6 is 11.8 Å². The molecule has 3 rings (SSSR count). The molecule has 0 radical (unpaired) electrons. The number of carbonyl (C=O) groups excluding carboxylic acids is 1. The van der Waals surface area contributed by atoms with E-state index >= 15 is 0 Å². The average Bonchev–Trinajstić information content (AvgIpc) is 2.88. The maximum atomic E-state index is 13.2. The maximum absolute atomic E-state index is 13.2. The molecule has 132 valence electrons. The third kappa shape index (κ3) is 3.39. The zero-order chi connectivity index (χ0) is 17.8. The van der Waals surface area contributed by atoms with Gasteiger partial charge in [-0.25, -0.2) is 0 Å². The number of benzene rings is 2. The van der Waals surface area contributed by atoms with Gasteiger partial charge in [-0.2, -0.15) is 0 Å². The number of thioether (sulfide) groups is 1. The fraction of sp³-hybridized carbons (Fsp3) is 0.316. The molecule has 1 amide bonds. The molecule has 25 heavy (non-hydrogen) atoms. The number of hydrogen-bond acceptors (Lipinski definition) is 5. The largest absolute Gasteiger partial charge is 0.493 e. The second kappa shape index (κ2) is 7.70. The van der Waals surface area contributed by atoms with Crippen LogP contribution in [0.1, 0.15) is 16.8 Å². The molecular weight excluding hydrogens is 338 g/mol. The smallest absolute Gasteiger partial charge is 0.258 e. The Bertz CT molecular complexity index is 753.